The Hall–Kier alpha value is -2.11. The van der Waals surface area contributed by atoms with Crippen molar-refractivity contribution in [2.24, 2.45) is 0 Å². The van der Waals surface area contributed by atoms with E-state index in [0.717, 1.165) is 64.2 Å². The third-order valence-corrected chi connectivity index (χ3v) is 11.4. The van der Waals surface area contributed by atoms with Crippen molar-refractivity contribution in [3.8, 4) is 0 Å². The maximum Gasteiger partial charge on any atom is 0.306 e. The van der Waals surface area contributed by atoms with E-state index in [4.69, 9.17) is 18.9 Å². The van der Waals surface area contributed by atoms with Gasteiger partial charge in [-0.05, 0) is 83.5 Å². The Kier molecular flexibility index (Phi) is 41.2. The van der Waals surface area contributed by atoms with E-state index in [1.165, 1.54) is 122 Å². The lowest BCUT2D eigenvalue weighted by Crippen LogP contribution is -2.59. The summed E-state index contributed by atoms with van der Waals surface area (Å²) in [5, 5.41) is 40.2. The molecule has 0 amide bonds. The van der Waals surface area contributed by atoms with Crippen molar-refractivity contribution < 1.29 is 44.2 Å². The van der Waals surface area contributed by atoms with Crippen molar-refractivity contribution >= 4 is 5.97 Å². The number of carbonyl (C=O) groups is 1. The normalized spacial score (nSPS) is 20.3. The van der Waals surface area contributed by atoms with Gasteiger partial charge in [0.2, 0.25) is 0 Å². The molecule has 0 bridgehead atoms. The number of aliphatic hydroxyl groups excluding tert-OH is 4. The monoisotopic (exact) mass is 875 g/mol. The van der Waals surface area contributed by atoms with Crippen molar-refractivity contribution in [2.75, 3.05) is 26.4 Å². The molecular formula is C53H94O9. The van der Waals surface area contributed by atoms with Crippen LogP contribution in [0.4, 0.5) is 0 Å². The number of unbranched alkanes of at least 4 members (excludes halogenated alkanes) is 22. The molecule has 9 nitrogen and oxygen atoms in total. The number of ether oxygens (including phenoxy) is 4. The smallest absolute Gasteiger partial charge is 0.306 e. The van der Waals surface area contributed by atoms with Gasteiger partial charge in [0.25, 0.3) is 0 Å². The van der Waals surface area contributed by atoms with Crippen LogP contribution in [-0.4, -0.2) is 89.6 Å². The first-order chi connectivity index (χ1) is 30.4. The fourth-order valence-electron chi connectivity index (χ4n) is 7.41. The molecule has 360 valence electrons. The van der Waals surface area contributed by atoms with E-state index in [-0.39, 0.29) is 19.2 Å². The third-order valence-electron chi connectivity index (χ3n) is 11.4. The summed E-state index contributed by atoms with van der Waals surface area (Å²) in [6.07, 6.45) is 49.6. The lowest BCUT2D eigenvalue weighted by molar-refractivity contribution is -0.305. The second-order valence-electron chi connectivity index (χ2n) is 17.3. The largest absolute Gasteiger partial charge is 0.457 e. The van der Waals surface area contributed by atoms with E-state index in [9.17, 15) is 25.2 Å². The highest BCUT2D eigenvalue weighted by Crippen LogP contribution is 2.22. The van der Waals surface area contributed by atoms with E-state index in [1.54, 1.807) is 0 Å². The number of carbonyl (C=O) groups excluding carboxylic acids is 1. The van der Waals surface area contributed by atoms with Crippen molar-refractivity contribution in [1.82, 2.24) is 0 Å². The van der Waals surface area contributed by atoms with Crippen LogP contribution in [0.25, 0.3) is 0 Å². The van der Waals surface area contributed by atoms with E-state index in [2.05, 4.69) is 74.6 Å². The molecule has 1 heterocycles. The maximum atomic E-state index is 12.8. The summed E-state index contributed by atoms with van der Waals surface area (Å²) in [7, 11) is 0. The number of hydrogen-bond acceptors (Lipinski definition) is 9. The summed E-state index contributed by atoms with van der Waals surface area (Å²) in [5.41, 5.74) is 0. The lowest BCUT2D eigenvalue weighted by atomic mass is 9.99. The highest BCUT2D eigenvalue weighted by Gasteiger charge is 2.44. The standard InChI is InChI=1S/C53H94O9/c1-3-5-7-9-11-13-15-17-19-21-23-24-25-26-28-30-32-34-36-38-40-42-49(55)61-47(46-60-53-52(58)51(57)50(56)48(44-54)62-53)45-59-43-41-39-37-35-33-31-29-27-22-20-18-16-14-12-10-8-6-4-2/h12,14-15,17-18,20-21,23,25-26,47-48,50-54,56-58H,3-11,13,16,19,22,24,27-46H2,1-2H3/b14-12-,17-15-,20-18-,23-21-,26-25-. The summed E-state index contributed by atoms with van der Waals surface area (Å²) in [6, 6.07) is 0. The molecular weight excluding hydrogens is 781 g/mol. The second kappa shape index (κ2) is 44.1. The minimum absolute atomic E-state index is 0.123. The first-order valence-electron chi connectivity index (χ1n) is 25.4. The fraction of sp³-hybridized carbons (Fsp3) is 0.792. The third kappa shape index (κ3) is 34.3. The molecule has 62 heavy (non-hydrogen) atoms. The molecule has 0 saturated carbocycles. The van der Waals surface area contributed by atoms with Crippen molar-refractivity contribution in [3.05, 3.63) is 60.8 Å². The SMILES string of the molecule is CCCCC/C=C\C/C=C\CCCCCCCCCCOCC(COC1OC(CO)C(O)C(O)C1O)OC(=O)CCCCCCCC/C=C\C/C=C\C/C=C\CCCCCCC. The molecule has 1 fully saturated rings. The molecule has 1 rings (SSSR count). The topological polar surface area (TPSA) is 135 Å². The first kappa shape index (κ1) is 57.9. The molecule has 6 unspecified atom stereocenters. The Morgan fingerprint density at radius 1 is 0.516 bits per heavy atom. The summed E-state index contributed by atoms with van der Waals surface area (Å²) in [4.78, 5) is 12.8. The van der Waals surface area contributed by atoms with E-state index >= 15 is 0 Å². The Labute approximate surface area is 379 Å². The van der Waals surface area contributed by atoms with Crippen LogP contribution in [0.2, 0.25) is 0 Å². The minimum Gasteiger partial charge on any atom is -0.457 e. The van der Waals surface area contributed by atoms with Crippen LogP contribution >= 0.6 is 0 Å². The van der Waals surface area contributed by atoms with Crippen LogP contribution in [0, 0.1) is 0 Å². The highest BCUT2D eigenvalue weighted by molar-refractivity contribution is 5.69. The Morgan fingerprint density at radius 3 is 1.44 bits per heavy atom. The van der Waals surface area contributed by atoms with Gasteiger partial charge in [-0.3, -0.25) is 4.79 Å². The van der Waals surface area contributed by atoms with Crippen molar-refractivity contribution in [2.45, 2.75) is 243 Å². The Morgan fingerprint density at radius 2 is 0.935 bits per heavy atom. The summed E-state index contributed by atoms with van der Waals surface area (Å²) in [5.74, 6) is -0.328. The molecule has 0 aromatic heterocycles. The summed E-state index contributed by atoms with van der Waals surface area (Å²) in [6.45, 7) is 4.50. The molecule has 6 atom stereocenters. The van der Waals surface area contributed by atoms with Gasteiger partial charge in [0.15, 0.2) is 6.29 Å². The van der Waals surface area contributed by atoms with Gasteiger partial charge in [0.1, 0.15) is 30.5 Å². The molecule has 1 saturated heterocycles. The summed E-state index contributed by atoms with van der Waals surface area (Å²) >= 11 is 0. The van der Waals surface area contributed by atoms with Gasteiger partial charge < -0.3 is 39.4 Å². The average molecular weight is 875 g/mol. The van der Waals surface area contributed by atoms with Gasteiger partial charge in [0, 0.05) is 13.0 Å². The van der Waals surface area contributed by atoms with Crippen LogP contribution in [0.15, 0.2) is 60.8 Å². The predicted octanol–water partition coefficient (Wildman–Crippen LogP) is 12.3. The van der Waals surface area contributed by atoms with Crippen LogP contribution in [0.5, 0.6) is 0 Å². The fourth-order valence-corrected chi connectivity index (χ4v) is 7.41. The molecule has 0 radical (unpaired) electrons. The van der Waals surface area contributed by atoms with E-state index in [1.807, 2.05) is 0 Å². The molecule has 1 aliphatic rings. The van der Waals surface area contributed by atoms with Crippen LogP contribution in [-0.2, 0) is 23.7 Å². The second-order valence-corrected chi connectivity index (χ2v) is 17.3. The van der Waals surface area contributed by atoms with E-state index < -0.39 is 43.4 Å². The average Bonchev–Trinajstić information content (AvgIpc) is 3.27. The van der Waals surface area contributed by atoms with Crippen LogP contribution in [0.1, 0.15) is 206 Å². The molecule has 0 aromatic carbocycles. The van der Waals surface area contributed by atoms with Gasteiger partial charge in [0.05, 0.1) is 19.8 Å². The minimum atomic E-state index is -1.54. The zero-order chi connectivity index (χ0) is 45.0. The van der Waals surface area contributed by atoms with Crippen molar-refractivity contribution in [3.63, 3.8) is 0 Å². The van der Waals surface area contributed by atoms with Gasteiger partial charge in [-0.15, -0.1) is 0 Å². The maximum absolute atomic E-state index is 12.8. The molecule has 1 aliphatic heterocycles. The van der Waals surface area contributed by atoms with Gasteiger partial charge in [-0.2, -0.15) is 0 Å². The van der Waals surface area contributed by atoms with Crippen LogP contribution < -0.4 is 0 Å². The van der Waals surface area contributed by atoms with Gasteiger partial charge in [-0.1, -0.05) is 177 Å². The number of aliphatic hydroxyl groups is 4. The van der Waals surface area contributed by atoms with Crippen LogP contribution in [0.3, 0.4) is 0 Å². The molecule has 4 N–H and O–H groups in total. The molecule has 0 spiro atoms. The molecule has 0 aromatic rings. The first-order valence-corrected chi connectivity index (χ1v) is 25.4. The number of hydrogen-bond donors (Lipinski definition) is 4. The Balaban J connectivity index is 2.24. The van der Waals surface area contributed by atoms with Crippen molar-refractivity contribution in [1.29, 1.82) is 0 Å². The molecule has 0 aliphatic carbocycles. The zero-order valence-electron chi connectivity index (χ0n) is 39.6. The lowest BCUT2D eigenvalue weighted by Gasteiger charge is -2.39. The van der Waals surface area contributed by atoms with E-state index in [0.29, 0.717) is 13.0 Å². The zero-order valence-corrected chi connectivity index (χ0v) is 39.6. The predicted molar refractivity (Wildman–Crippen MR) is 256 cm³/mol. The number of rotatable bonds is 43. The Bertz CT molecular complexity index is 1130. The molecule has 9 heteroatoms. The summed E-state index contributed by atoms with van der Waals surface area (Å²) < 4.78 is 22.9. The number of esters is 1. The highest BCUT2D eigenvalue weighted by atomic mass is 16.7. The van der Waals surface area contributed by atoms with Gasteiger partial charge in [-0.25, -0.2) is 0 Å². The quantitative estimate of drug-likeness (QED) is 0.0268. The number of allylic oxidation sites excluding steroid dienone is 10. The van der Waals surface area contributed by atoms with Gasteiger partial charge >= 0.3 is 5.97 Å².